The molecule has 1 amide bonds. The number of anilines is 1. The number of nitrogens with one attached hydrogen (secondary N) is 1. The average Bonchev–Trinajstić information content (AvgIpc) is 2.97. The van der Waals surface area contributed by atoms with Gasteiger partial charge in [0.1, 0.15) is 5.82 Å². The van der Waals surface area contributed by atoms with Crippen LogP contribution in [0.4, 0.5) is 5.82 Å². The SMILES string of the molecule is CCC(C)n1nccc1NC(=O)c1ccc(C)s1. The summed E-state index contributed by atoms with van der Waals surface area (Å²) in [6.45, 7) is 6.17. The maximum Gasteiger partial charge on any atom is 0.266 e. The minimum atomic E-state index is -0.0712. The van der Waals surface area contributed by atoms with Crippen molar-refractivity contribution >= 4 is 23.1 Å². The van der Waals surface area contributed by atoms with Crippen LogP contribution in [0.1, 0.15) is 40.9 Å². The third-order valence-corrected chi connectivity index (χ3v) is 3.88. The molecule has 0 aliphatic carbocycles. The number of nitrogens with zero attached hydrogens (tertiary/aromatic N) is 2. The largest absolute Gasteiger partial charge is 0.306 e. The van der Waals surface area contributed by atoms with Crippen LogP contribution < -0.4 is 5.32 Å². The highest BCUT2D eigenvalue weighted by Gasteiger charge is 2.13. The van der Waals surface area contributed by atoms with Crippen molar-refractivity contribution in [1.82, 2.24) is 9.78 Å². The van der Waals surface area contributed by atoms with Gasteiger partial charge in [-0.3, -0.25) is 4.79 Å². The van der Waals surface area contributed by atoms with E-state index in [0.29, 0.717) is 0 Å². The molecule has 0 saturated carbocycles. The molecule has 0 fully saturated rings. The molecule has 1 unspecified atom stereocenters. The maximum absolute atomic E-state index is 12.0. The molecule has 0 aliphatic rings. The van der Waals surface area contributed by atoms with Gasteiger partial charge in [-0.15, -0.1) is 11.3 Å². The van der Waals surface area contributed by atoms with Gasteiger partial charge in [-0.25, -0.2) is 4.68 Å². The van der Waals surface area contributed by atoms with Gasteiger partial charge >= 0.3 is 0 Å². The predicted octanol–water partition coefficient (Wildman–Crippen LogP) is 3.48. The Kier molecular flexibility index (Phi) is 3.81. The lowest BCUT2D eigenvalue weighted by Gasteiger charge is -2.13. The van der Waals surface area contributed by atoms with Gasteiger partial charge in [0.2, 0.25) is 0 Å². The minimum Gasteiger partial charge on any atom is -0.306 e. The fraction of sp³-hybridized carbons (Fsp3) is 0.385. The second-order valence-electron chi connectivity index (χ2n) is 4.28. The molecule has 0 radical (unpaired) electrons. The molecular formula is C13H17N3OS. The number of aromatic nitrogens is 2. The molecule has 2 aromatic heterocycles. The molecule has 0 aliphatic heterocycles. The second-order valence-corrected chi connectivity index (χ2v) is 5.57. The minimum absolute atomic E-state index is 0.0712. The highest BCUT2D eigenvalue weighted by atomic mass is 32.1. The molecule has 96 valence electrons. The van der Waals surface area contributed by atoms with Crippen molar-refractivity contribution in [2.24, 2.45) is 0 Å². The highest BCUT2D eigenvalue weighted by Crippen LogP contribution is 2.19. The van der Waals surface area contributed by atoms with Crippen LogP contribution in [0.15, 0.2) is 24.4 Å². The number of carbonyl (C=O) groups excluding carboxylic acids is 1. The lowest BCUT2D eigenvalue weighted by atomic mass is 10.3. The fourth-order valence-corrected chi connectivity index (χ4v) is 2.43. The number of hydrogen-bond donors (Lipinski definition) is 1. The summed E-state index contributed by atoms with van der Waals surface area (Å²) >= 11 is 1.50. The van der Waals surface area contributed by atoms with E-state index in [9.17, 15) is 4.79 Å². The zero-order valence-electron chi connectivity index (χ0n) is 10.8. The Morgan fingerprint density at radius 2 is 2.28 bits per heavy atom. The van der Waals surface area contributed by atoms with Gasteiger partial charge in [0.25, 0.3) is 5.91 Å². The van der Waals surface area contributed by atoms with Crippen LogP contribution in [0.3, 0.4) is 0 Å². The first-order valence-electron chi connectivity index (χ1n) is 6.03. The summed E-state index contributed by atoms with van der Waals surface area (Å²) in [6.07, 6.45) is 2.68. The van der Waals surface area contributed by atoms with E-state index in [1.165, 1.54) is 11.3 Å². The lowest BCUT2D eigenvalue weighted by molar-refractivity contribution is 0.102. The number of carbonyl (C=O) groups is 1. The summed E-state index contributed by atoms with van der Waals surface area (Å²) in [5.74, 6) is 0.679. The zero-order valence-corrected chi connectivity index (χ0v) is 11.6. The van der Waals surface area contributed by atoms with E-state index in [-0.39, 0.29) is 11.9 Å². The predicted molar refractivity (Wildman–Crippen MR) is 74.2 cm³/mol. The topological polar surface area (TPSA) is 46.9 Å². The lowest BCUT2D eigenvalue weighted by Crippen LogP contribution is -2.16. The normalized spacial score (nSPS) is 12.4. The molecule has 2 heterocycles. The quantitative estimate of drug-likeness (QED) is 0.918. The number of hydrogen-bond acceptors (Lipinski definition) is 3. The van der Waals surface area contributed by atoms with E-state index in [2.05, 4.69) is 24.3 Å². The first kappa shape index (κ1) is 12.8. The van der Waals surface area contributed by atoms with Crippen molar-refractivity contribution in [3.05, 3.63) is 34.2 Å². The molecular weight excluding hydrogens is 246 g/mol. The molecule has 1 atom stereocenters. The van der Waals surface area contributed by atoms with Crippen LogP contribution in [-0.2, 0) is 0 Å². The third-order valence-electron chi connectivity index (χ3n) is 2.88. The van der Waals surface area contributed by atoms with Gasteiger partial charge in [-0.05, 0) is 32.4 Å². The average molecular weight is 263 g/mol. The van der Waals surface area contributed by atoms with Crippen LogP contribution in [0.5, 0.6) is 0 Å². The van der Waals surface area contributed by atoms with E-state index in [1.54, 1.807) is 6.20 Å². The maximum atomic E-state index is 12.0. The first-order valence-corrected chi connectivity index (χ1v) is 6.84. The number of thiophene rings is 1. The van der Waals surface area contributed by atoms with Gasteiger partial charge in [0.05, 0.1) is 17.1 Å². The highest BCUT2D eigenvalue weighted by molar-refractivity contribution is 7.14. The Morgan fingerprint density at radius 3 is 2.89 bits per heavy atom. The van der Waals surface area contributed by atoms with Crippen molar-refractivity contribution < 1.29 is 4.79 Å². The van der Waals surface area contributed by atoms with Crippen molar-refractivity contribution in [2.45, 2.75) is 33.2 Å². The second kappa shape index (κ2) is 5.35. The van der Waals surface area contributed by atoms with Crippen molar-refractivity contribution in [3.8, 4) is 0 Å². The van der Waals surface area contributed by atoms with Crippen molar-refractivity contribution in [2.75, 3.05) is 5.32 Å². The molecule has 0 aromatic carbocycles. The van der Waals surface area contributed by atoms with E-state index < -0.39 is 0 Å². The molecule has 2 aromatic rings. The molecule has 4 nitrogen and oxygen atoms in total. The number of rotatable bonds is 4. The Bertz CT molecular complexity index is 544. The number of aryl methyl sites for hydroxylation is 1. The van der Waals surface area contributed by atoms with Crippen LogP contribution in [0.25, 0.3) is 0 Å². The van der Waals surface area contributed by atoms with E-state index in [0.717, 1.165) is 22.0 Å². The van der Waals surface area contributed by atoms with Gasteiger partial charge in [0, 0.05) is 10.9 Å². The first-order chi connectivity index (χ1) is 8.61. The monoisotopic (exact) mass is 263 g/mol. The van der Waals surface area contributed by atoms with Gasteiger partial charge in [-0.2, -0.15) is 5.10 Å². The van der Waals surface area contributed by atoms with E-state index >= 15 is 0 Å². The van der Waals surface area contributed by atoms with Crippen LogP contribution in [0.2, 0.25) is 0 Å². The Balaban J connectivity index is 2.15. The summed E-state index contributed by atoms with van der Waals surface area (Å²) in [7, 11) is 0. The fourth-order valence-electron chi connectivity index (χ4n) is 1.67. The molecule has 18 heavy (non-hydrogen) atoms. The van der Waals surface area contributed by atoms with Crippen LogP contribution in [0, 0.1) is 6.92 Å². The summed E-state index contributed by atoms with van der Waals surface area (Å²) in [6, 6.07) is 5.90. The summed E-state index contributed by atoms with van der Waals surface area (Å²) in [5.41, 5.74) is 0. The van der Waals surface area contributed by atoms with Crippen molar-refractivity contribution in [1.29, 1.82) is 0 Å². The van der Waals surface area contributed by atoms with Gasteiger partial charge in [0.15, 0.2) is 0 Å². The van der Waals surface area contributed by atoms with Crippen LogP contribution in [-0.4, -0.2) is 15.7 Å². The number of amides is 1. The van der Waals surface area contributed by atoms with Gasteiger partial charge in [-0.1, -0.05) is 6.92 Å². The molecule has 5 heteroatoms. The molecule has 0 saturated heterocycles. The molecule has 0 bridgehead atoms. The van der Waals surface area contributed by atoms with Gasteiger partial charge < -0.3 is 5.32 Å². The smallest absolute Gasteiger partial charge is 0.266 e. The van der Waals surface area contributed by atoms with E-state index in [1.807, 2.05) is 29.8 Å². The molecule has 2 rings (SSSR count). The standard InChI is InChI=1S/C13H17N3OS/c1-4-9(2)16-12(7-8-14-16)15-13(17)11-6-5-10(3)18-11/h5-9H,4H2,1-3H3,(H,15,17). The third kappa shape index (κ3) is 2.61. The molecule has 0 spiro atoms. The zero-order chi connectivity index (χ0) is 13.1. The molecule has 1 N–H and O–H groups in total. The van der Waals surface area contributed by atoms with E-state index in [4.69, 9.17) is 0 Å². The summed E-state index contributed by atoms with van der Waals surface area (Å²) in [5, 5.41) is 7.15. The van der Waals surface area contributed by atoms with Crippen LogP contribution >= 0.6 is 11.3 Å². The Labute approximate surface area is 111 Å². The summed E-state index contributed by atoms with van der Waals surface area (Å²) in [4.78, 5) is 13.9. The summed E-state index contributed by atoms with van der Waals surface area (Å²) < 4.78 is 1.85. The van der Waals surface area contributed by atoms with Crippen molar-refractivity contribution in [3.63, 3.8) is 0 Å². The Hall–Kier alpha value is -1.62. The Morgan fingerprint density at radius 1 is 1.50 bits per heavy atom.